The first-order valence-corrected chi connectivity index (χ1v) is 7.96. The van der Waals surface area contributed by atoms with E-state index in [4.69, 9.17) is 4.74 Å². The molecule has 0 bridgehead atoms. The quantitative estimate of drug-likeness (QED) is 0.754. The van der Waals surface area contributed by atoms with E-state index in [-0.39, 0.29) is 11.1 Å². The van der Waals surface area contributed by atoms with Crippen molar-refractivity contribution in [2.45, 2.75) is 6.92 Å². The molecule has 2 amide bonds. The van der Waals surface area contributed by atoms with Crippen LogP contribution in [0.2, 0.25) is 0 Å². The Morgan fingerprint density at radius 2 is 1.91 bits per heavy atom. The van der Waals surface area contributed by atoms with Crippen LogP contribution >= 0.6 is 11.8 Å². The fraction of sp³-hybridized carbons (Fsp3) is 0.375. The molecule has 0 N–H and O–H groups in total. The van der Waals surface area contributed by atoms with Crippen LogP contribution in [0.15, 0.2) is 29.2 Å². The van der Waals surface area contributed by atoms with Gasteiger partial charge in [0.05, 0.1) is 11.5 Å². The number of benzene rings is 1. The first-order chi connectivity index (χ1) is 10.5. The average molecular weight is 320 g/mol. The highest BCUT2D eigenvalue weighted by molar-refractivity contribution is 8.18. The molecule has 0 radical (unpaired) electrons. The van der Waals surface area contributed by atoms with Gasteiger partial charge in [-0.25, -0.2) is 0 Å². The molecule has 1 aromatic carbocycles. The Labute approximate surface area is 134 Å². The molecule has 0 atom stereocenters. The molecule has 6 heteroatoms. The Kier molecular flexibility index (Phi) is 5.63. The topological polar surface area (TPSA) is 49.9 Å². The molecule has 1 aromatic rings. The number of hydrogen-bond donors (Lipinski definition) is 0. The zero-order valence-electron chi connectivity index (χ0n) is 13.0. The third kappa shape index (κ3) is 4.11. The van der Waals surface area contributed by atoms with Crippen LogP contribution in [0, 0.1) is 0 Å². The van der Waals surface area contributed by atoms with Crippen molar-refractivity contribution in [2.75, 3.05) is 33.8 Å². The van der Waals surface area contributed by atoms with Crippen molar-refractivity contribution in [2.24, 2.45) is 0 Å². The maximum absolute atomic E-state index is 12.3. The van der Waals surface area contributed by atoms with Crippen molar-refractivity contribution < 1.29 is 14.3 Å². The van der Waals surface area contributed by atoms with Crippen LogP contribution < -0.4 is 4.74 Å². The normalized spacial score (nSPS) is 16.9. The van der Waals surface area contributed by atoms with Crippen LogP contribution in [-0.4, -0.2) is 54.7 Å². The van der Waals surface area contributed by atoms with Gasteiger partial charge in [-0.3, -0.25) is 14.5 Å². The summed E-state index contributed by atoms with van der Waals surface area (Å²) in [5.41, 5.74) is 0.876. The van der Waals surface area contributed by atoms with Crippen molar-refractivity contribution in [1.29, 1.82) is 0 Å². The Balaban J connectivity index is 2.08. The van der Waals surface area contributed by atoms with Crippen molar-refractivity contribution >= 4 is 29.0 Å². The molecule has 1 aliphatic rings. The van der Waals surface area contributed by atoms with Gasteiger partial charge in [-0.1, -0.05) is 12.1 Å². The van der Waals surface area contributed by atoms with E-state index in [0.717, 1.165) is 23.1 Å². The lowest BCUT2D eigenvalue weighted by Gasteiger charge is -2.15. The third-order valence-corrected chi connectivity index (χ3v) is 4.04. The second kappa shape index (κ2) is 7.47. The second-order valence-corrected chi connectivity index (χ2v) is 6.13. The van der Waals surface area contributed by atoms with Gasteiger partial charge >= 0.3 is 0 Å². The van der Waals surface area contributed by atoms with Crippen LogP contribution in [-0.2, 0) is 4.79 Å². The number of likely N-dealkylation sites (N-methyl/N-ethyl adjacent to an activating group) is 1. The average Bonchev–Trinajstić information content (AvgIpc) is 2.73. The first kappa shape index (κ1) is 16.6. The Bertz CT molecular complexity index is 582. The largest absolute Gasteiger partial charge is 0.494 e. The van der Waals surface area contributed by atoms with Crippen LogP contribution in [0.5, 0.6) is 5.75 Å². The fourth-order valence-electron chi connectivity index (χ4n) is 1.97. The number of ether oxygens (including phenoxy) is 1. The van der Waals surface area contributed by atoms with Gasteiger partial charge in [-0.05, 0) is 56.6 Å². The monoisotopic (exact) mass is 320 g/mol. The number of carbonyl (C=O) groups excluding carboxylic acids is 2. The van der Waals surface area contributed by atoms with Gasteiger partial charge in [0.15, 0.2) is 0 Å². The zero-order valence-corrected chi connectivity index (χ0v) is 13.9. The standard InChI is InChI=1S/C16H20N2O3S/c1-4-21-13-7-5-12(6-8-13)11-14-15(19)18(16(20)22-14)10-9-17(2)3/h5-8,11H,4,9-10H2,1-3H3/b14-11-. The maximum Gasteiger partial charge on any atom is 0.293 e. The van der Waals surface area contributed by atoms with Gasteiger partial charge in [0, 0.05) is 13.1 Å². The molecule has 118 valence electrons. The molecule has 0 unspecified atom stereocenters. The highest BCUT2D eigenvalue weighted by Crippen LogP contribution is 2.32. The van der Waals surface area contributed by atoms with Crippen LogP contribution in [0.25, 0.3) is 6.08 Å². The highest BCUT2D eigenvalue weighted by Gasteiger charge is 2.34. The SMILES string of the molecule is CCOc1ccc(/C=C2\SC(=O)N(CCN(C)C)C2=O)cc1. The van der Waals surface area contributed by atoms with E-state index in [2.05, 4.69) is 0 Å². The van der Waals surface area contributed by atoms with Crippen molar-refractivity contribution in [1.82, 2.24) is 9.80 Å². The zero-order chi connectivity index (χ0) is 16.1. The number of imide groups is 1. The van der Waals surface area contributed by atoms with Gasteiger partial charge in [0.1, 0.15) is 5.75 Å². The Hall–Kier alpha value is -1.79. The summed E-state index contributed by atoms with van der Waals surface area (Å²) in [5.74, 6) is 0.574. The van der Waals surface area contributed by atoms with Crippen LogP contribution in [0.4, 0.5) is 4.79 Å². The molecular weight excluding hydrogens is 300 g/mol. The van der Waals surface area contributed by atoms with E-state index in [1.807, 2.05) is 50.2 Å². The van der Waals surface area contributed by atoms with Crippen molar-refractivity contribution in [3.05, 3.63) is 34.7 Å². The molecule has 1 fully saturated rings. The predicted octanol–water partition coefficient (Wildman–Crippen LogP) is 2.68. The molecule has 5 nitrogen and oxygen atoms in total. The first-order valence-electron chi connectivity index (χ1n) is 7.14. The van der Waals surface area contributed by atoms with E-state index in [1.54, 1.807) is 6.08 Å². The highest BCUT2D eigenvalue weighted by atomic mass is 32.2. The maximum atomic E-state index is 12.3. The second-order valence-electron chi connectivity index (χ2n) is 5.14. The summed E-state index contributed by atoms with van der Waals surface area (Å²) in [6.45, 7) is 3.62. The molecule has 0 aromatic heterocycles. The molecule has 22 heavy (non-hydrogen) atoms. The minimum Gasteiger partial charge on any atom is -0.494 e. The Morgan fingerprint density at radius 1 is 1.23 bits per heavy atom. The molecular formula is C16H20N2O3S. The smallest absolute Gasteiger partial charge is 0.293 e. The summed E-state index contributed by atoms with van der Waals surface area (Å²) in [4.78, 5) is 27.9. The summed E-state index contributed by atoms with van der Waals surface area (Å²) in [5, 5.41) is -0.205. The lowest BCUT2D eigenvalue weighted by molar-refractivity contribution is -0.122. The summed E-state index contributed by atoms with van der Waals surface area (Å²) in [7, 11) is 3.82. The van der Waals surface area contributed by atoms with E-state index in [0.29, 0.717) is 24.6 Å². The molecule has 1 heterocycles. The molecule has 0 aliphatic carbocycles. The third-order valence-electron chi connectivity index (χ3n) is 3.13. The number of carbonyl (C=O) groups is 2. The summed E-state index contributed by atoms with van der Waals surface area (Å²) >= 11 is 0.992. The minimum absolute atomic E-state index is 0.205. The summed E-state index contributed by atoms with van der Waals surface area (Å²) in [6.07, 6.45) is 1.75. The minimum atomic E-state index is -0.217. The lowest BCUT2D eigenvalue weighted by Crippen LogP contribution is -2.34. The number of thioether (sulfide) groups is 1. The summed E-state index contributed by atoms with van der Waals surface area (Å²) < 4.78 is 5.38. The van der Waals surface area contributed by atoms with Crippen molar-refractivity contribution in [3.8, 4) is 5.75 Å². The van der Waals surface area contributed by atoms with Crippen LogP contribution in [0.3, 0.4) is 0 Å². The fourth-order valence-corrected chi connectivity index (χ4v) is 2.84. The molecule has 0 saturated carbocycles. The summed E-state index contributed by atoms with van der Waals surface area (Å²) in [6, 6.07) is 7.45. The molecule has 1 aliphatic heterocycles. The van der Waals surface area contributed by atoms with Gasteiger partial charge in [-0.15, -0.1) is 0 Å². The number of nitrogens with zero attached hydrogens (tertiary/aromatic N) is 2. The van der Waals surface area contributed by atoms with Gasteiger partial charge in [0.2, 0.25) is 0 Å². The molecule has 1 saturated heterocycles. The van der Waals surface area contributed by atoms with E-state index in [1.165, 1.54) is 4.90 Å². The van der Waals surface area contributed by atoms with E-state index >= 15 is 0 Å². The van der Waals surface area contributed by atoms with Crippen molar-refractivity contribution in [3.63, 3.8) is 0 Å². The lowest BCUT2D eigenvalue weighted by atomic mass is 10.2. The molecule has 2 rings (SSSR count). The Morgan fingerprint density at radius 3 is 2.50 bits per heavy atom. The van der Waals surface area contributed by atoms with Gasteiger partial charge in [0.25, 0.3) is 11.1 Å². The number of hydrogen-bond acceptors (Lipinski definition) is 5. The van der Waals surface area contributed by atoms with Gasteiger partial charge in [-0.2, -0.15) is 0 Å². The van der Waals surface area contributed by atoms with Crippen LogP contribution in [0.1, 0.15) is 12.5 Å². The van der Waals surface area contributed by atoms with Gasteiger partial charge < -0.3 is 9.64 Å². The predicted molar refractivity (Wildman–Crippen MR) is 88.8 cm³/mol. The van der Waals surface area contributed by atoms with E-state index < -0.39 is 0 Å². The van der Waals surface area contributed by atoms with E-state index in [9.17, 15) is 9.59 Å². The number of rotatable bonds is 6. The number of amides is 2. The molecule has 0 spiro atoms.